The summed E-state index contributed by atoms with van der Waals surface area (Å²) < 4.78 is 7.38. The predicted octanol–water partition coefficient (Wildman–Crippen LogP) is 2.79. The average Bonchev–Trinajstić information content (AvgIpc) is 3.30. The van der Waals surface area contributed by atoms with Crippen LogP contribution in [0.3, 0.4) is 0 Å². The number of rotatable bonds is 2. The number of piperazine rings is 1. The van der Waals surface area contributed by atoms with Crippen molar-refractivity contribution >= 4 is 17.8 Å². The van der Waals surface area contributed by atoms with E-state index in [-0.39, 0.29) is 29.0 Å². The molecule has 1 aromatic rings. The van der Waals surface area contributed by atoms with Crippen molar-refractivity contribution in [2.75, 3.05) is 38.1 Å². The molecule has 2 saturated heterocycles. The van der Waals surface area contributed by atoms with Gasteiger partial charge < -0.3 is 14.5 Å². The molecule has 0 radical (unpaired) electrons. The number of hydrogen-bond acceptors (Lipinski definition) is 4. The lowest BCUT2D eigenvalue weighted by Gasteiger charge is -2.35. The molecule has 1 aromatic heterocycles. The van der Waals surface area contributed by atoms with Gasteiger partial charge >= 0.3 is 6.03 Å². The fourth-order valence-electron chi connectivity index (χ4n) is 3.64. The Morgan fingerprint density at radius 1 is 1.07 bits per heavy atom. The van der Waals surface area contributed by atoms with Crippen LogP contribution < -0.4 is 5.32 Å². The van der Waals surface area contributed by atoms with E-state index in [4.69, 9.17) is 9.84 Å². The number of ether oxygens (including phenoxy) is 1. The van der Waals surface area contributed by atoms with Crippen LogP contribution in [0.25, 0.3) is 0 Å². The molecule has 2 aliphatic heterocycles. The molecule has 2 fully saturated rings. The van der Waals surface area contributed by atoms with E-state index in [1.54, 1.807) is 4.90 Å². The lowest BCUT2D eigenvalue weighted by atomic mass is 9.92. The molecule has 3 rings (SSSR count). The van der Waals surface area contributed by atoms with Crippen LogP contribution in [0.15, 0.2) is 6.07 Å². The molecule has 3 amide bonds. The second kappa shape index (κ2) is 7.97. The van der Waals surface area contributed by atoms with E-state index in [2.05, 4.69) is 46.9 Å². The first-order valence-electron chi connectivity index (χ1n) is 10.5. The van der Waals surface area contributed by atoms with Crippen molar-refractivity contribution in [2.24, 2.45) is 0 Å². The normalized spacial score (nSPS) is 20.8. The third-order valence-corrected chi connectivity index (χ3v) is 5.43. The van der Waals surface area contributed by atoms with Crippen molar-refractivity contribution < 1.29 is 14.3 Å². The Hall–Kier alpha value is -2.09. The molecule has 0 bridgehead atoms. The molecule has 0 aromatic carbocycles. The van der Waals surface area contributed by atoms with Crippen molar-refractivity contribution in [1.82, 2.24) is 19.6 Å². The van der Waals surface area contributed by atoms with Crippen molar-refractivity contribution in [3.8, 4) is 0 Å². The number of nitrogens with one attached hydrogen (secondary N) is 1. The summed E-state index contributed by atoms with van der Waals surface area (Å²) in [6, 6.07) is 1.81. The molecule has 8 heteroatoms. The summed E-state index contributed by atoms with van der Waals surface area (Å²) >= 11 is 0. The largest absolute Gasteiger partial charge is 0.368 e. The van der Waals surface area contributed by atoms with Gasteiger partial charge in [0.05, 0.1) is 11.2 Å². The number of carbonyl (C=O) groups is 2. The van der Waals surface area contributed by atoms with E-state index in [1.165, 1.54) is 0 Å². The maximum atomic E-state index is 12.9. The third-order valence-electron chi connectivity index (χ3n) is 5.43. The number of nitrogens with zero attached hydrogens (tertiary/aromatic N) is 4. The van der Waals surface area contributed by atoms with Gasteiger partial charge in [0.2, 0.25) is 0 Å². The van der Waals surface area contributed by atoms with E-state index in [1.807, 2.05) is 15.6 Å². The second-order valence-electron chi connectivity index (χ2n) is 9.99. The monoisotopic (exact) mass is 405 g/mol. The number of aromatic nitrogens is 2. The Kier molecular flexibility index (Phi) is 5.94. The van der Waals surface area contributed by atoms with E-state index < -0.39 is 0 Å². The number of urea groups is 1. The fourth-order valence-corrected chi connectivity index (χ4v) is 3.64. The number of hydrogen-bond donors (Lipinski definition) is 1. The standard InChI is InChI=1S/C21H35N5O3/c1-20(2,3)16-14-17(26(23-16)21(4,5)6)22-19(28)25-11-9-24(10-12-25)18(27)15-8-7-13-29-15/h14-15H,7-13H2,1-6H3,(H,22,28). The van der Waals surface area contributed by atoms with Crippen molar-refractivity contribution in [3.63, 3.8) is 0 Å². The quantitative estimate of drug-likeness (QED) is 0.821. The summed E-state index contributed by atoms with van der Waals surface area (Å²) in [4.78, 5) is 29.0. The summed E-state index contributed by atoms with van der Waals surface area (Å²) in [5.74, 6) is 0.758. The SMILES string of the molecule is CC(C)(C)c1cc(NC(=O)N2CCN(C(=O)C3CCCO3)CC2)n(C(C)(C)C)n1. The molecule has 1 N–H and O–H groups in total. The second-order valence-corrected chi connectivity index (χ2v) is 9.99. The molecule has 1 atom stereocenters. The van der Waals surface area contributed by atoms with Gasteiger partial charge in [0, 0.05) is 44.3 Å². The van der Waals surface area contributed by atoms with Crippen LogP contribution in [0, 0.1) is 0 Å². The van der Waals surface area contributed by atoms with Crippen molar-refractivity contribution in [1.29, 1.82) is 0 Å². The maximum absolute atomic E-state index is 12.9. The van der Waals surface area contributed by atoms with Crippen LogP contribution in [0.1, 0.15) is 60.1 Å². The minimum absolute atomic E-state index is 0.0585. The highest BCUT2D eigenvalue weighted by molar-refractivity contribution is 5.89. The van der Waals surface area contributed by atoms with Gasteiger partial charge in [-0.3, -0.25) is 10.1 Å². The summed E-state index contributed by atoms with van der Waals surface area (Å²) in [6.07, 6.45) is 1.44. The van der Waals surface area contributed by atoms with Gasteiger partial charge in [0.15, 0.2) is 0 Å². The van der Waals surface area contributed by atoms with E-state index in [9.17, 15) is 9.59 Å². The van der Waals surface area contributed by atoms with Gasteiger partial charge in [-0.2, -0.15) is 5.10 Å². The van der Waals surface area contributed by atoms with Crippen LogP contribution in [0.4, 0.5) is 10.6 Å². The Balaban J connectivity index is 1.64. The fraction of sp³-hybridized carbons (Fsp3) is 0.762. The maximum Gasteiger partial charge on any atom is 0.323 e. The van der Waals surface area contributed by atoms with Crippen molar-refractivity contribution in [2.45, 2.75) is 71.4 Å². The molecule has 3 heterocycles. The molecule has 2 aliphatic rings. The first-order valence-corrected chi connectivity index (χ1v) is 10.5. The Labute approximate surface area is 173 Å². The number of anilines is 1. The van der Waals surface area contributed by atoms with Gasteiger partial charge in [-0.15, -0.1) is 0 Å². The summed E-state index contributed by atoms with van der Waals surface area (Å²) in [6.45, 7) is 15.3. The van der Waals surface area contributed by atoms with Gasteiger partial charge in [0.25, 0.3) is 5.91 Å². The molecule has 29 heavy (non-hydrogen) atoms. The van der Waals surface area contributed by atoms with Gasteiger partial charge in [0.1, 0.15) is 11.9 Å². The average molecular weight is 406 g/mol. The van der Waals surface area contributed by atoms with E-state index >= 15 is 0 Å². The van der Waals surface area contributed by atoms with E-state index in [0.717, 1.165) is 18.5 Å². The first-order chi connectivity index (χ1) is 13.5. The molecular weight excluding hydrogens is 370 g/mol. The van der Waals surface area contributed by atoms with Gasteiger partial charge in [-0.25, -0.2) is 9.48 Å². The lowest BCUT2D eigenvalue weighted by Crippen LogP contribution is -2.53. The highest BCUT2D eigenvalue weighted by Gasteiger charge is 2.32. The minimum Gasteiger partial charge on any atom is -0.368 e. The lowest BCUT2D eigenvalue weighted by molar-refractivity contribution is -0.142. The van der Waals surface area contributed by atoms with Gasteiger partial charge in [-0.1, -0.05) is 20.8 Å². The Bertz CT molecular complexity index is 745. The van der Waals surface area contributed by atoms with Crippen LogP contribution in [-0.4, -0.2) is 70.4 Å². The zero-order chi connectivity index (χ0) is 21.4. The molecule has 0 spiro atoms. The van der Waals surface area contributed by atoms with Crippen LogP contribution >= 0.6 is 0 Å². The minimum atomic E-state index is -0.299. The number of amides is 3. The number of carbonyl (C=O) groups excluding carboxylic acids is 2. The molecule has 0 saturated carbocycles. The van der Waals surface area contributed by atoms with Crippen LogP contribution in [-0.2, 0) is 20.5 Å². The van der Waals surface area contributed by atoms with Gasteiger partial charge in [-0.05, 0) is 33.6 Å². The van der Waals surface area contributed by atoms with Crippen LogP contribution in [0.5, 0.6) is 0 Å². The smallest absolute Gasteiger partial charge is 0.323 e. The molecule has 1 unspecified atom stereocenters. The predicted molar refractivity (Wildman–Crippen MR) is 112 cm³/mol. The summed E-state index contributed by atoms with van der Waals surface area (Å²) in [7, 11) is 0. The van der Waals surface area contributed by atoms with E-state index in [0.29, 0.717) is 38.6 Å². The molecule has 162 valence electrons. The Morgan fingerprint density at radius 2 is 1.69 bits per heavy atom. The zero-order valence-corrected chi connectivity index (χ0v) is 18.6. The van der Waals surface area contributed by atoms with Crippen LogP contribution in [0.2, 0.25) is 0 Å². The molecular formula is C21H35N5O3. The third kappa shape index (κ3) is 4.91. The molecule has 8 nitrogen and oxygen atoms in total. The van der Waals surface area contributed by atoms with Crippen molar-refractivity contribution in [3.05, 3.63) is 11.8 Å². The molecule has 0 aliphatic carbocycles. The highest BCUT2D eigenvalue weighted by Crippen LogP contribution is 2.28. The Morgan fingerprint density at radius 3 is 2.21 bits per heavy atom. The highest BCUT2D eigenvalue weighted by atomic mass is 16.5. The summed E-state index contributed by atoms with van der Waals surface area (Å²) in [5.41, 5.74) is 0.581. The topological polar surface area (TPSA) is 79.7 Å². The first kappa shape index (κ1) is 21.6. The zero-order valence-electron chi connectivity index (χ0n) is 18.6. The summed E-state index contributed by atoms with van der Waals surface area (Å²) in [5, 5.41) is 7.78.